The smallest absolute Gasteiger partial charge is 0.308 e. The van der Waals surface area contributed by atoms with Crippen molar-refractivity contribution in [3.8, 4) is 0 Å². The number of benzene rings is 1. The van der Waals surface area contributed by atoms with Crippen LogP contribution in [0.5, 0.6) is 0 Å². The number of hydrogen-bond acceptors (Lipinski definition) is 2. The van der Waals surface area contributed by atoms with Crippen LogP contribution in [0, 0.1) is 17.6 Å². The van der Waals surface area contributed by atoms with Gasteiger partial charge >= 0.3 is 5.97 Å². The van der Waals surface area contributed by atoms with Crippen LogP contribution in [0.2, 0.25) is 0 Å². The Bertz CT molecular complexity index is 499. The van der Waals surface area contributed by atoms with E-state index in [4.69, 9.17) is 5.11 Å². The maximum absolute atomic E-state index is 13.6. The van der Waals surface area contributed by atoms with Crippen molar-refractivity contribution in [2.45, 2.75) is 32.6 Å². The van der Waals surface area contributed by atoms with E-state index in [1.165, 1.54) is 13.0 Å². The van der Waals surface area contributed by atoms with Crippen molar-refractivity contribution in [3.05, 3.63) is 35.4 Å². The lowest BCUT2D eigenvalue weighted by atomic mass is 9.98. The molecule has 21 heavy (non-hydrogen) atoms. The van der Waals surface area contributed by atoms with Gasteiger partial charge in [0.05, 0.1) is 11.8 Å². The van der Waals surface area contributed by atoms with Gasteiger partial charge in [-0.1, -0.05) is 19.4 Å². The Morgan fingerprint density at radius 2 is 1.86 bits per heavy atom. The third-order valence-electron chi connectivity index (χ3n) is 3.34. The predicted octanol–water partition coefficient (Wildman–Crippen LogP) is 2.69. The number of amides is 1. The fraction of sp³-hybridized carbons (Fsp3) is 0.467. The van der Waals surface area contributed by atoms with E-state index in [1.54, 1.807) is 0 Å². The van der Waals surface area contributed by atoms with Gasteiger partial charge in [0.15, 0.2) is 0 Å². The molecular weight excluding hydrogens is 280 g/mol. The van der Waals surface area contributed by atoms with E-state index in [-0.39, 0.29) is 12.1 Å². The van der Waals surface area contributed by atoms with Gasteiger partial charge in [0.2, 0.25) is 5.91 Å². The topological polar surface area (TPSA) is 66.4 Å². The van der Waals surface area contributed by atoms with Crippen molar-refractivity contribution < 1.29 is 23.5 Å². The highest BCUT2D eigenvalue weighted by molar-refractivity contribution is 5.83. The number of nitrogens with one attached hydrogen (secondary N) is 1. The monoisotopic (exact) mass is 299 g/mol. The molecule has 2 N–H and O–H groups in total. The van der Waals surface area contributed by atoms with E-state index in [2.05, 4.69) is 5.32 Å². The first kappa shape index (κ1) is 17.1. The summed E-state index contributed by atoms with van der Waals surface area (Å²) in [5.41, 5.74) is -0.308. The number of aliphatic carboxylic acids is 1. The van der Waals surface area contributed by atoms with Crippen LogP contribution < -0.4 is 5.32 Å². The van der Waals surface area contributed by atoms with Crippen LogP contribution in [0.15, 0.2) is 18.2 Å². The highest BCUT2D eigenvalue weighted by atomic mass is 19.1. The van der Waals surface area contributed by atoms with E-state index in [0.29, 0.717) is 12.8 Å². The molecule has 0 bridgehead atoms. The first-order chi connectivity index (χ1) is 9.88. The second-order valence-corrected chi connectivity index (χ2v) is 4.93. The van der Waals surface area contributed by atoms with Gasteiger partial charge in [-0.05, 0) is 25.5 Å². The lowest BCUT2D eigenvalue weighted by molar-refractivity contribution is -0.142. The minimum atomic E-state index is -1.03. The molecule has 1 amide bonds. The lowest BCUT2D eigenvalue weighted by Gasteiger charge is -2.16. The summed E-state index contributed by atoms with van der Waals surface area (Å²) in [7, 11) is 0. The highest BCUT2D eigenvalue weighted by Crippen LogP contribution is 2.22. The zero-order valence-corrected chi connectivity index (χ0v) is 12.0. The van der Waals surface area contributed by atoms with Crippen molar-refractivity contribution in [2.24, 2.45) is 5.92 Å². The Balaban J connectivity index is 2.73. The van der Waals surface area contributed by atoms with Gasteiger partial charge in [-0.2, -0.15) is 0 Å². The standard InChI is InChI=1S/C15H19F2NO3/c1-3-5-10(15(20)21)8-18-14(19)9(2)13-11(16)6-4-7-12(13)17/h4,6-7,9-10H,3,5,8H2,1-2H3,(H,18,19)(H,20,21). The minimum Gasteiger partial charge on any atom is -0.481 e. The predicted molar refractivity (Wildman–Crippen MR) is 73.8 cm³/mol. The molecule has 0 heterocycles. The lowest BCUT2D eigenvalue weighted by Crippen LogP contribution is -2.35. The van der Waals surface area contributed by atoms with Crippen LogP contribution >= 0.6 is 0 Å². The molecule has 0 aromatic heterocycles. The average Bonchev–Trinajstić information content (AvgIpc) is 2.42. The molecule has 1 rings (SSSR count). The third-order valence-corrected chi connectivity index (χ3v) is 3.34. The number of carbonyl (C=O) groups is 2. The summed E-state index contributed by atoms with van der Waals surface area (Å²) >= 11 is 0. The van der Waals surface area contributed by atoms with E-state index >= 15 is 0 Å². The summed E-state index contributed by atoms with van der Waals surface area (Å²) in [4.78, 5) is 22.9. The molecule has 0 aliphatic heterocycles. The number of rotatable bonds is 7. The molecule has 2 unspecified atom stereocenters. The molecular formula is C15H19F2NO3. The Hall–Kier alpha value is -1.98. The summed E-state index contributed by atoms with van der Waals surface area (Å²) in [6, 6.07) is 3.39. The molecule has 116 valence electrons. The zero-order valence-electron chi connectivity index (χ0n) is 12.0. The SMILES string of the molecule is CCCC(CNC(=O)C(C)c1c(F)cccc1F)C(=O)O. The van der Waals surface area contributed by atoms with Crippen LogP contribution in [-0.2, 0) is 9.59 Å². The Labute approximate surface area is 122 Å². The maximum atomic E-state index is 13.6. The van der Waals surface area contributed by atoms with Crippen molar-refractivity contribution in [3.63, 3.8) is 0 Å². The fourth-order valence-electron chi connectivity index (χ4n) is 2.09. The van der Waals surface area contributed by atoms with Crippen molar-refractivity contribution >= 4 is 11.9 Å². The van der Waals surface area contributed by atoms with E-state index in [9.17, 15) is 18.4 Å². The molecule has 2 atom stereocenters. The minimum absolute atomic E-state index is 0.0532. The summed E-state index contributed by atoms with van der Waals surface area (Å²) < 4.78 is 27.2. The third kappa shape index (κ3) is 4.51. The molecule has 0 aliphatic carbocycles. The summed E-state index contributed by atoms with van der Waals surface area (Å²) in [5.74, 6) is -4.90. The molecule has 1 aromatic rings. The number of hydrogen-bond donors (Lipinski definition) is 2. The quantitative estimate of drug-likeness (QED) is 0.813. The molecule has 4 nitrogen and oxygen atoms in total. The zero-order chi connectivity index (χ0) is 16.0. The van der Waals surface area contributed by atoms with E-state index < -0.39 is 35.3 Å². The molecule has 6 heteroatoms. The molecule has 1 aromatic carbocycles. The van der Waals surface area contributed by atoms with Gasteiger partial charge < -0.3 is 10.4 Å². The molecule has 0 saturated heterocycles. The van der Waals surface area contributed by atoms with Gasteiger partial charge in [0.25, 0.3) is 0 Å². The highest BCUT2D eigenvalue weighted by Gasteiger charge is 2.24. The molecule has 0 radical (unpaired) electrons. The maximum Gasteiger partial charge on any atom is 0.308 e. The van der Waals surface area contributed by atoms with Crippen LogP contribution in [0.3, 0.4) is 0 Å². The largest absolute Gasteiger partial charge is 0.481 e. The van der Waals surface area contributed by atoms with Crippen molar-refractivity contribution in [1.29, 1.82) is 0 Å². The van der Waals surface area contributed by atoms with Gasteiger partial charge in [0.1, 0.15) is 11.6 Å². The van der Waals surface area contributed by atoms with Gasteiger partial charge in [-0.3, -0.25) is 9.59 Å². The Kier molecular flexibility index (Phi) is 6.27. The first-order valence-electron chi connectivity index (χ1n) is 6.82. The Morgan fingerprint density at radius 3 is 2.33 bits per heavy atom. The van der Waals surface area contributed by atoms with Crippen LogP contribution in [0.1, 0.15) is 38.2 Å². The van der Waals surface area contributed by atoms with Crippen LogP contribution in [0.4, 0.5) is 8.78 Å². The first-order valence-corrected chi connectivity index (χ1v) is 6.82. The number of carboxylic acid groups (broad SMARTS) is 1. The van der Waals surface area contributed by atoms with Gasteiger partial charge in [-0.15, -0.1) is 0 Å². The number of carboxylic acids is 1. The summed E-state index contributed by atoms with van der Waals surface area (Å²) in [6.07, 6.45) is 1.10. The molecule has 0 saturated carbocycles. The normalized spacial score (nSPS) is 13.5. The van der Waals surface area contributed by atoms with Gasteiger partial charge in [-0.25, -0.2) is 8.78 Å². The molecule has 0 aliphatic rings. The van der Waals surface area contributed by atoms with E-state index in [1.807, 2.05) is 6.92 Å². The van der Waals surface area contributed by atoms with Gasteiger partial charge in [0, 0.05) is 12.1 Å². The fourth-order valence-corrected chi connectivity index (χ4v) is 2.09. The summed E-state index contributed by atoms with van der Waals surface area (Å²) in [5, 5.41) is 11.4. The molecule has 0 spiro atoms. The second-order valence-electron chi connectivity index (χ2n) is 4.93. The number of carbonyl (C=O) groups excluding carboxylic acids is 1. The van der Waals surface area contributed by atoms with Crippen molar-refractivity contribution in [1.82, 2.24) is 5.32 Å². The van der Waals surface area contributed by atoms with Crippen LogP contribution in [0.25, 0.3) is 0 Å². The van der Waals surface area contributed by atoms with Crippen LogP contribution in [-0.4, -0.2) is 23.5 Å². The van der Waals surface area contributed by atoms with Crippen molar-refractivity contribution in [2.75, 3.05) is 6.54 Å². The molecule has 0 fully saturated rings. The van der Waals surface area contributed by atoms with E-state index in [0.717, 1.165) is 12.1 Å². The number of halogens is 2. The second kappa shape index (κ2) is 7.71. The summed E-state index contributed by atoms with van der Waals surface area (Å²) in [6.45, 7) is 3.17. The Morgan fingerprint density at radius 1 is 1.29 bits per heavy atom. The average molecular weight is 299 g/mol.